The number of fused-ring (bicyclic) bond motifs is 1. The Bertz CT molecular complexity index is 742. The molecule has 21 heavy (non-hydrogen) atoms. The minimum atomic E-state index is -2.80. The van der Waals surface area contributed by atoms with Gasteiger partial charge in [0, 0.05) is 23.0 Å². The molecule has 1 N–H and O–H groups in total. The van der Waals surface area contributed by atoms with Gasteiger partial charge in [0.2, 0.25) is 0 Å². The Kier molecular flexibility index (Phi) is 4.01. The van der Waals surface area contributed by atoms with Gasteiger partial charge in [-0.05, 0) is 34.5 Å². The number of hydrogen-bond acceptors (Lipinski definition) is 3. The van der Waals surface area contributed by atoms with Gasteiger partial charge in [-0.15, -0.1) is 11.3 Å². The number of nitrogens with one attached hydrogen (secondary N) is 1. The van der Waals surface area contributed by atoms with E-state index in [-0.39, 0.29) is 5.75 Å². The van der Waals surface area contributed by atoms with Crippen molar-refractivity contribution in [1.29, 1.82) is 0 Å². The lowest BCUT2D eigenvalue weighted by Gasteiger charge is -2.09. The maximum atomic E-state index is 12.2. The Morgan fingerprint density at radius 2 is 1.95 bits per heavy atom. The molecular weight excluding hydrogens is 292 g/mol. The van der Waals surface area contributed by atoms with Crippen LogP contribution in [0, 0.1) is 0 Å². The molecular formula is C16H13F2NOS. The summed E-state index contributed by atoms with van der Waals surface area (Å²) in [5, 5.41) is 6.56. The predicted molar refractivity (Wildman–Crippen MR) is 82.2 cm³/mol. The van der Waals surface area contributed by atoms with Gasteiger partial charge in [-0.25, -0.2) is 0 Å². The topological polar surface area (TPSA) is 21.3 Å². The number of hydrogen-bond donors (Lipinski definition) is 1. The molecule has 0 saturated carbocycles. The van der Waals surface area contributed by atoms with Gasteiger partial charge in [0.1, 0.15) is 5.75 Å². The molecule has 0 amide bonds. The Hall–Kier alpha value is -2.14. The monoisotopic (exact) mass is 305 g/mol. The molecule has 3 aromatic rings. The van der Waals surface area contributed by atoms with Crippen molar-refractivity contribution in [3.8, 4) is 5.75 Å². The third kappa shape index (κ3) is 3.31. The van der Waals surface area contributed by atoms with E-state index in [0.717, 1.165) is 5.69 Å². The lowest BCUT2D eigenvalue weighted by atomic mass is 10.2. The van der Waals surface area contributed by atoms with Crippen molar-refractivity contribution < 1.29 is 13.5 Å². The van der Waals surface area contributed by atoms with Crippen LogP contribution in [0.1, 0.15) is 5.56 Å². The first kappa shape index (κ1) is 13.8. The van der Waals surface area contributed by atoms with Gasteiger partial charge in [0.25, 0.3) is 0 Å². The fourth-order valence-corrected chi connectivity index (χ4v) is 3.11. The summed E-state index contributed by atoms with van der Waals surface area (Å²) in [4.78, 5) is 0. The van der Waals surface area contributed by atoms with Crippen LogP contribution in [-0.2, 0) is 6.54 Å². The Morgan fingerprint density at radius 3 is 2.81 bits per heavy atom. The number of halogens is 2. The molecule has 0 bridgehead atoms. The normalized spacial score (nSPS) is 11.0. The molecule has 3 rings (SSSR count). The van der Waals surface area contributed by atoms with Gasteiger partial charge in [-0.2, -0.15) is 8.78 Å². The van der Waals surface area contributed by atoms with E-state index in [1.165, 1.54) is 21.7 Å². The van der Waals surface area contributed by atoms with Crippen LogP contribution in [-0.4, -0.2) is 6.61 Å². The average Bonchev–Trinajstić information content (AvgIpc) is 2.88. The van der Waals surface area contributed by atoms with Crippen LogP contribution in [0.4, 0.5) is 14.5 Å². The van der Waals surface area contributed by atoms with Crippen LogP contribution < -0.4 is 10.1 Å². The van der Waals surface area contributed by atoms with E-state index in [4.69, 9.17) is 0 Å². The van der Waals surface area contributed by atoms with E-state index >= 15 is 0 Å². The Morgan fingerprint density at radius 1 is 1.10 bits per heavy atom. The molecule has 0 atom stereocenters. The predicted octanol–water partition coefficient (Wildman–Crippen LogP) is 5.11. The Balaban J connectivity index is 1.72. The van der Waals surface area contributed by atoms with Gasteiger partial charge in [0.05, 0.1) is 0 Å². The molecule has 0 unspecified atom stereocenters. The SMILES string of the molecule is FC(F)Oc1cccc(NCc2csc3ccccc23)c1. The lowest BCUT2D eigenvalue weighted by molar-refractivity contribution is -0.0498. The zero-order valence-electron chi connectivity index (χ0n) is 11.1. The van der Waals surface area contributed by atoms with Crippen LogP contribution in [0.25, 0.3) is 10.1 Å². The van der Waals surface area contributed by atoms with Crippen molar-refractivity contribution >= 4 is 27.1 Å². The second-order valence-corrected chi connectivity index (χ2v) is 5.43. The van der Waals surface area contributed by atoms with Crippen LogP contribution in [0.3, 0.4) is 0 Å². The maximum Gasteiger partial charge on any atom is 0.387 e. The summed E-state index contributed by atoms with van der Waals surface area (Å²) in [6.07, 6.45) is 0. The summed E-state index contributed by atoms with van der Waals surface area (Å²) in [6, 6.07) is 14.8. The molecule has 0 aliphatic heterocycles. The summed E-state index contributed by atoms with van der Waals surface area (Å²) in [6.45, 7) is -2.16. The van der Waals surface area contributed by atoms with Crippen molar-refractivity contribution in [1.82, 2.24) is 0 Å². The van der Waals surface area contributed by atoms with Crippen LogP contribution >= 0.6 is 11.3 Å². The van der Waals surface area contributed by atoms with E-state index in [9.17, 15) is 8.78 Å². The third-order valence-corrected chi connectivity index (χ3v) is 4.12. The van der Waals surface area contributed by atoms with Gasteiger partial charge in [-0.3, -0.25) is 0 Å². The van der Waals surface area contributed by atoms with Crippen LogP contribution in [0.5, 0.6) is 5.75 Å². The van der Waals surface area contributed by atoms with Gasteiger partial charge in [-0.1, -0.05) is 24.3 Å². The maximum absolute atomic E-state index is 12.2. The van der Waals surface area contributed by atoms with Crippen molar-refractivity contribution in [3.63, 3.8) is 0 Å². The molecule has 0 aliphatic carbocycles. The average molecular weight is 305 g/mol. The van der Waals surface area contributed by atoms with E-state index in [0.29, 0.717) is 6.54 Å². The largest absolute Gasteiger partial charge is 0.435 e. The van der Waals surface area contributed by atoms with Gasteiger partial charge in [0.15, 0.2) is 0 Å². The highest BCUT2D eigenvalue weighted by molar-refractivity contribution is 7.17. The molecule has 0 saturated heterocycles. The zero-order chi connectivity index (χ0) is 14.7. The summed E-state index contributed by atoms with van der Waals surface area (Å²) in [5.74, 6) is 0.158. The summed E-state index contributed by atoms with van der Waals surface area (Å²) < 4.78 is 30.0. The molecule has 0 aliphatic rings. The second-order valence-electron chi connectivity index (χ2n) is 4.52. The molecule has 1 aromatic heterocycles. The van der Waals surface area contributed by atoms with Gasteiger partial charge < -0.3 is 10.1 Å². The highest BCUT2D eigenvalue weighted by Crippen LogP contribution is 2.27. The van der Waals surface area contributed by atoms with Crippen molar-refractivity contribution in [2.24, 2.45) is 0 Å². The van der Waals surface area contributed by atoms with Crippen LogP contribution in [0.2, 0.25) is 0 Å². The van der Waals surface area contributed by atoms with Crippen molar-refractivity contribution in [2.75, 3.05) is 5.32 Å². The van der Waals surface area contributed by atoms with Crippen LogP contribution in [0.15, 0.2) is 53.9 Å². The summed E-state index contributed by atoms with van der Waals surface area (Å²) in [7, 11) is 0. The first-order chi connectivity index (χ1) is 10.2. The molecule has 108 valence electrons. The fourth-order valence-electron chi connectivity index (χ4n) is 2.15. The Labute approximate surface area is 125 Å². The first-order valence-corrected chi connectivity index (χ1v) is 7.34. The van der Waals surface area contributed by atoms with Crippen molar-refractivity contribution in [3.05, 3.63) is 59.5 Å². The number of ether oxygens (including phenoxy) is 1. The highest BCUT2D eigenvalue weighted by Gasteiger charge is 2.06. The number of thiophene rings is 1. The molecule has 0 fully saturated rings. The van der Waals surface area contributed by atoms with E-state index < -0.39 is 6.61 Å². The number of alkyl halides is 2. The fraction of sp³-hybridized carbons (Fsp3) is 0.125. The minimum absolute atomic E-state index is 0.158. The minimum Gasteiger partial charge on any atom is -0.435 e. The zero-order valence-corrected chi connectivity index (χ0v) is 11.9. The van der Waals surface area contributed by atoms with E-state index in [1.54, 1.807) is 23.5 Å². The number of rotatable bonds is 5. The van der Waals surface area contributed by atoms with Gasteiger partial charge >= 0.3 is 6.61 Å². The third-order valence-electron chi connectivity index (χ3n) is 3.10. The molecule has 0 spiro atoms. The smallest absolute Gasteiger partial charge is 0.387 e. The molecule has 1 heterocycles. The second kappa shape index (κ2) is 6.10. The highest BCUT2D eigenvalue weighted by atomic mass is 32.1. The molecule has 2 aromatic carbocycles. The molecule has 2 nitrogen and oxygen atoms in total. The summed E-state index contributed by atoms with van der Waals surface area (Å²) in [5.41, 5.74) is 1.94. The standard InChI is InChI=1S/C16H13F2NOS/c17-16(18)20-13-5-3-4-12(8-13)19-9-11-10-21-15-7-2-1-6-14(11)15/h1-8,10,16,19H,9H2. The molecule has 0 radical (unpaired) electrons. The quantitative estimate of drug-likeness (QED) is 0.707. The lowest BCUT2D eigenvalue weighted by Crippen LogP contribution is -2.03. The number of anilines is 1. The first-order valence-electron chi connectivity index (χ1n) is 6.46. The van der Waals surface area contributed by atoms with Crippen molar-refractivity contribution in [2.45, 2.75) is 13.2 Å². The summed E-state index contributed by atoms with van der Waals surface area (Å²) >= 11 is 1.70. The van der Waals surface area contributed by atoms with E-state index in [2.05, 4.69) is 27.6 Å². The molecule has 5 heteroatoms. The number of benzene rings is 2. The van der Waals surface area contributed by atoms with E-state index in [1.807, 2.05) is 18.2 Å².